The molecule has 2 N–H and O–H groups in total. The van der Waals surface area contributed by atoms with E-state index >= 15 is 0 Å². The molecule has 5 nitrogen and oxygen atoms in total. The number of nitrogens with two attached hydrogens (primary N) is 1. The summed E-state index contributed by atoms with van der Waals surface area (Å²) in [4.78, 5) is 11.7. The van der Waals surface area contributed by atoms with Gasteiger partial charge in [0.05, 0.1) is 19.8 Å². The van der Waals surface area contributed by atoms with Gasteiger partial charge in [-0.1, -0.05) is 0 Å². The number of benzene rings is 2. The predicted molar refractivity (Wildman–Crippen MR) is 80.0 cm³/mol. The summed E-state index contributed by atoms with van der Waals surface area (Å²) in [6.45, 7) is 1.81. The van der Waals surface area contributed by atoms with E-state index in [-0.39, 0.29) is 0 Å². The van der Waals surface area contributed by atoms with Gasteiger partial charge in [0.25, 0.3) is 0 Å². The highest BCUT2D eigenvalue weighted by atomic mass is 16.5. The molecule has 0 aliphatic heterocycles. The highest BCUT2D eigenvalue weighted by molar-refractivity contribution is 5.96. The van der Waals surface area contributed by atoms with Crippen molar-refractivity contribution in [3.8, 4) is 17.2 Å². The van der Waals surface area contributed by atoms with Crippen molar-refractivity contribution < 1.29 is 19.0 Å². The van der Waals surface area contributed by atoms with Crippen molar-refractivity contribution in [2.24, 2.45) is 0 Å². The highest BCUT2D eigenvalue weighted by Gasteiger charge is 2.14. The lowest BCUT2D eigenvalue weighted by Crippen LogP contribution is -2.07. The number of carbonyl (C=O) groups excluding carboxylic acids is 1. The molecule has 0 saturated carbocycles. The minimum absolute atomic E-state index is 0.293. The van der Waals surface area contributed by atoms with Gasteiger partial charge in [-0.25, -0.2) is 4.79 Å². The molecular weight excluding hydrogens is 270 g/mol. The van der Waals surface area contributed by atoms with Gasteiger partial charge >= 0.3 is 5.97 Å². The van der Waals surface area contributed by atoms with Crippen LogP contribution in [0.1, 0.15) is 15.9 Å². The van der Waals surface area contributed by atoms with Gasteiger partial charge in [0.1, 0.15) is 17.2 Å². The summed E-state index contributed by atoms with van der Waals surface area (Å²) in [7, 11) is 2.91. The molecule has 0 atom stereocenters. The third kappa shape index (κ3) is 3.25. The van der Waals surface area contributed by atoms with E-state index in [9.17, 15) is 4.79 Å². The van der Waals surface area contributed by atoms with Crippen molar-refractivity contribution in [2.45, 2.75) is 6.92 Å². The molecule has 0 bridgehead atoms. The first-order chi connectivity index (χ1) is 10.0. The number of nitrogen functional groups attached to an aromatic ring is 1. The zero-order valence-electron chi connectivity index (χ0n) is 12.2. The van der Waals surface area contributed by atoms with Crippen molar-refractivity contribution in [3.63, 3.8) is 0 Å². The van der Waals surface area contributed by atoms with Gasteiger partial charge in [-0.05, 0) is 48.9 Å². The van der Waals surface area contributed by atoms with Crippen LogP contribution in [0.3, 0.4) is 0 Å². The Labute approximate surface area is 123 Å². The van der Waals surface area contributed by atoms with Crippen molar-refractivity contribution >= 4 is 11.7 Å². The van der Waals surface area contributed by atoms with E-state index in [4.69, 9.17) is 19.9 Å². The zero-order valence-corrected chi connectivity index (χ0v) is 12.2. The number of ether oxygens (including phenoxy) is 3. The third-order valence-electron chi connectivity index (χ3n) is 3.06. The molecule has 2 aromatic rings. The maximum Gasteiger partial charge on any atom is 0.340 e. The molecule has 0 saturated heterocycles. The Hall–Kier alpha value is -2.69. The maximum absolute atomic E-state index is 11.7. The van der Waals surface area contributed by atoms with Crippen LogP contribution in [0.15, 0.2) is 36.4 Å². The summed E-state index contributed by atoms with van der Waals surface area (Å²) in [5.74, 6) is 1.41. The maximum atomic E-state index is 11.7. The summed E-state index contributed by atoms with van der Waals surface area (Å²) in [6.07, 6.45) is 0. The number of anilines is 1. The Morgan fingerprint density at radius 3 is 2.19 bits per heavy atom. The van der Waals surface area contributed by atoms with Gasteiger partial charge in [0.2, 0.25) is 0 Å². The van der Waals surface area contributed by atoms with Crippen LogP contribution >= 0.6 is 0 Å². The lowest BCUT2D eigenvalue weighted by molar-refractivity contribution is 0.0601. The molecule has 2 aromatic carbocycles. The van der Waals surface area contributed by atoms with E-state index in [1.54, 1.807) is 43.5 Å². The number of carbonyl (C=O) groups is 1. The van der Waals surface area contributed by atoms with E-state index in [0.717, 1.165) is 11.3 Å². The SMILES string of the molecule is COC(=O)c1cc(Oc2ccc(OC)cc2)cc(C)c1N. The van der Waals surface area contributed by atoms with Crippen LogP contribution in [-0.2, 0) is 4.74 Å². The molecule has 110 valence electrons. The van der Waals surface area contributed by atoms with E-state index in [1.807, 2.05) is 6.92 Å². The molecular formula is C16H17NO4. The molecule has 0 unspecified atom stereocenters. The smallest absolute Gasteiger partial charge is 0.340 e. The fourth-order valence-corrected chi connectivity index (χ4v) is 1.88. The molecule has 21 heavy (non-hydrogen) atoms. The number of aryl methyl sites for hydroxylation is 1. The molecule has 0 aliphatic rings. The van der Waals surface area contributed by atoms with Crippen molar-refractivity contribution in [1.82, 2.24) is 0 Å². The molecule has 5 heteroatoms. The van der Waals surface area contributed by atoms with E-state index in [0.29, 0.717) is 22.7 Å². The standard InChI is InChI=1S/C16H17NO4/c1-10-8-13(9-14(15(10)17)16(18)20-3)21-12-6-4-11(19-2)5-7-12/h4-9H,17H2,1-3H3. The molecule has 0 amide bonds. The Morgan fingerprint density at radius 1 is 1.00 bits per heavy atom. The average molecular weight is 287 g/mol. The topological polar surface area (TPSA) is 70.8 Å². The molecule has 2 rings (SSSR count). The second kappa shape index (κ2) is 6.17. The van der Waals surface area contributed by atoms with Crippen molar-refractivity contribution in [2.75, 3.05) is 20.0 Å². The number of methoxy groups -OCH3 is 2. The average Bonchev–Trinajstić information content (AvgIpc) is 2.50. The molecule has 0 heterocycles. The van der Waals surface area contributed by atoms with Gasteiger partial charge in [-0.2, -0.15) is 0 Å². The van der Waals surface area contributed by atoms with Gasteiger partial charge in [0, 0.05) is 5.69 Å². The molecule has 0 fully saturated rings. The van der Waals surface area contributed by atoms with Crippen LogP contribution in [0.25, 0.3) is 0 Å². The van der Waals surface area contributed by atoms with Crippen LogP contribution in [0, 0.1) is 6.92 Å². The van der Waals surface area contributed by atoms with Crippen LogP contribution in [0.5, 0.6) is 17.2 Å². The summed E-state index contributed by atoms with van der Waals surface area (Å²) >= 11 is 0. The largest absolute Gasteiger partial charge is 0.497 e. The first-order valence-corrected chi connectivity index (χ1v) is 6.35. The molecule has 0 radical (unpaired) electrons. The quantitative estimate of drug-likeness (QED) is 0.691. The summed E-state index contributed by atoms with van der Waals surface area (Å²) in [6, 6.07) is 10.5. The Balaban J connectivity index is 2.31. The Morgan fingerprint density at radius 2 is 1.62 bits per heavy atom. The lowest BCUT2D eigenvalue weighted by atomic mass is 10.1. The molecule has 0 aliphatic carbocycles. The van der Waals surface area contributed by atoms with Gasteiger partial charge < -0.3 is 19.9 Å². The zero-order chi connectivity index (χ0) is 15.4. The van der Waals surface area contributed by atoms with Gasteiger partial charge in [0.15, 0.2) is 0 Å². The van der Waals surface area contributed by atoms with Crippen molar-refractivity contribution in [1.29, 1.82) is 0 Å². The normalized spacial score (nSPS) is 10.0. The van der Waals surface area contributed by atoms with Crippen LogP contribution in [0.4, 0.5) is 5.69 Å². The lowest BCUT2D eigenvalue weighted by Gasteiger charge is -2.12. The number of hydrogen-bond acceptors (Lipinski definition) is 5. The third-order valence-corrected chi connectivity index (χ3v) is 3.06. The van der Waals surface area contributed by atoms with E-state index in [2.05, 4.69) is 0 Å². The predicted octanol–water partition coefficient (Wildman–Crippen LogP) is 3.16. The van der Waals surface area contributed by atoms with E-state index in [1.165, 1.54) is 7.11 Å². The van der Waals surface area contributed by atoms with Crippen LogP contribution in [-0.4, -0.2) is 20.2 Å². The highest BCUT2D eigenvalue weighted by Crippen LogP contribution is 2.29. The Bertz CT molecular complexity index is 650. The first-order valence-electron chi connectivity index (χ1n) is 6.35. The minimum atomic E-state index is -0.490. The fraction of sp³-hybridized carbons (Fsp3) is 0.188. The Kier molecular flexibility index (Phi) is 4.33. The summed E-state index contributed by atoms with van der Waals surface area (Å²) < 4.78 is 15.5. The number of esters is 1. The minimum Gasteiger partial charge on any atom is -0.497 e. The second-order valence-electron chi connectivity index (χ2n) is 4.47. The van der Waals surface area contributed by atoms with Crippen LogP contribution < -0.4 is 15.2 Å². The number of rotatable bonds is 4. The fourth-order valence-electron chi connectivity index (χ4n) is 1.88. The van der Waals surface area contributed by atoms with Crippen LogP contribution in [0.2, 0.25) is 0 Å². The first kappa shape index (κ1) is 14.7. The van der Waals surface area contributed by atoms with Crippen molar-refractivity contribution in [3.05, 3.63) is 47.5 Å². The van der Waals surface area contributed by atoms with Gasteiger partial charge in [-0.15, -0.1) is 0 Å². The molecule has 0 aromatic heterocycles. The molecule has 0 spiro atoms. The summed E-state index contributed by atoms with van der Waals surface area (Å²) in [5, 5.41) is 0. The van der Waals surface area contributed by atoms with E-state index < -0.39 is 5.97 Å². The number of hydrogen-bond donors (Lipinski definition) is 1. The summed E-state index contributed by atoms with van der Waals surface area (Å²) in [5.41, 5.74) is 7.32. The monoisotopic (exact) mass is 287 g/mol. The van der Waals surface area contributed by atoms with Gasteiger partial charge in [-0.3, -0.25) is 0 Å². The second-order valence-corrected chi connectivity index (χ2v) is 4.47.